The second-order valence-electron chi connectivity index (χ2n) is 5.19. The van der Waals surface area contributed by atoms with Gasteiger partial charge in [-0.3, -0.25) is 4.79 Å². The zero-order valence-electron chi connectivity index (χ0n) is 12.0. The lowest BCUT2D eigenvalue weighted by molar-refractivity contribution is 0.102. The molecule has 2 heterocycles. The van der Waals surface area contributed by atoms with E-state index >= 15 is 0 Å². The summed E-state index contributed by atoms with van der Waals surface area (Å²) in [5, 5.41) is 3.84. The van der Waals surface area contributed by atoms with Crippen LogP contribution in [-0.2, 0) is 7.05 Å². The van der Waals surface area contributed by atoms with Crippen LogP contribution in [0.3, 0.4) is 0 Å². The number of carbonyl (C=O) groups is 1. The molecule has 1 aliphatic heterocycles. The zero-order valence-corrected chi connectivity index (χ0v) is 12.0. The van der Waals surface area contributed by atoms with Crippen LogP contribution in [0.25, 0.3) is 10.9 Å². The normalized spacial score (nSPS) is 12.6. The van der Waals surface area contributed by atoms with Crippen molar-refractivity contribution >= 4 is 22.5 Å². The van der Waals surface area contributed by atoms with E-state index in [0.29, 0.717) is 22.7 Å². The van der Waals surface area contributed by atoms with Gasteiger partial charge in [-0.25, -0.2) is 0 Å². The molecule has 0 spiro atoms. The van der Waals surface area contributed by atoms with Crippen molar-refractivity contribution < 1.29 is 14.3 Å². The van der Waals surface area contributed by atoms with Crippen LogP contribution in [-0.4, -0.2) is 17.3 Å². The summed E-state index contributed by atoms with van der Waals surface area (Å²) in [6.07, 6.45) is 1.95. The van der Waals surface area contributed by atoms with Crippen LogP contribution < -0.4 is 14.8 Å². The van der Waals surface area contributed by atoms with E-state index in [0.717, 1.165) is 10.9 Å². The van der Waals surface area contributed by atoms with Crippen molar-refractivity contribution in [2.24, 2.45) is 7.05 Å². The molecule has 0 radical (unpaired) electrons. The predicted molar refractivity (Wildman–Crippen MR) is 83.4 cm³/mol. The quantitative estimate of drug-likeness (QED) is 0.790. The lowest BCUT2D eigenvalue weighted by Crippen LogP contribution is -2.12. The molecule has 0 atom stereocenters. The molecular formula is C17H14N2O3. The third-order valence-corrected chi connectivity index (χ3v) is 3.80. The van der Waals surface area contributed by atoms with Gasteiger partial charge in [0.2, 0.25) is 6.79 Å². The van der Waals surface area contributed by atoms with Crippen molar-refractivity contribution in [2.45, 2.75) is 0 Å². The molecular weight excluding hydrogens is 280 g/mol. The largest absolute Gasteiger partial charge is 0.454 e. The number of anilines is 1. The molecule has 1 aromatic heterocycles. The minimum absolute atomic E-state index is 0.143. The Balaban J connectivity index is 1.66. The van der Waals surface area contributed by atoms with Crippen molar-refractivity contribution in [3.8, 4) is 11.5 Å². The Morgan fingerprint density at radius 3 is 2.91 bits per heavy atom. The van der Waals surface area contributed by atoms with E-state index < -0.39 is 0 Å². The van der Waals surface area contributed by atoms with Gasteiger partial charge in [0.15, 0.2) is 11.5 Å². The van der Waals surface area contributed by atoms with Crippen molar-refractivity contribution in [2.75, 3.05) is 12.1 Å². The Morgan fingerprint density at radius 2 is 2.00 bits per heavy atom. The van der Waals surface area contributed by atoms with Gasteiger partial charge in [-0.05, 0) is 30.3 Å². The van der Waals surface area contributed by atoms with Crippen LogP contribution in [0.1, 0.15) is 10.4 Å². The molecule has 2 aromatic carbocycles. The summed E-state index contributed by atoms with van der Waals surface area (Å²) < 4.78 is 12.6. The first-order chi connectivity index (χ1) is 10.7. The maximum Gasteiger partial charge on any atom is 0.256 e. The molecule has 1 aliphatic rings. The summed E-state index contributed by atoms with van der Waals surface area (Å²) in [4.78, 5) is 12.5. The highest BCUT2D eigenvalue weighted by atomic mass is 16.7. The Labute approximate surface area is 127 Å². The van der Waals surface area contributed by atoms with E-state index in [-0.39, 0.29) is 12.7 Å². The van der Waals surface area contributed by atoms with Gasteiger partial charge in [0.25, 0.3) is 5.91 Å². The summed E-state index contributed by atoms with van der Waals surface area (Å²) in [5.74, 6) is 1.20. The highest BCUT2D eigenvalue weighted by Gasteiger charge is 2.16. The molecule has 0 bridgehead atoms. The second kappa shape index (κ2) is 4.80. The maximum absolute atomic E-state index is 12.5. The van der Waals surface area contributed by atoms with Crippen LogP contribution in [0.5, 0.6) is 11.5 Å². The fourth-order valence-electron chi connectivity index (χ4n) is 2.67. The third kappa shape index (κ3) is 1.98. The van der Waals surface area contributed by atoms with E-state index in [4.69, 9.17) is 9.47 Å². The van der Waals surface area contributed by atoms with Gasteiger partial charge in [-0.1, -0.05) is 6.07 Å². The lowest BCUT2D eigenvalue weighted by Gasteiger charge is -2.07. The first-order valence-electron chi connectivity index (χ1n) is 6.97. The van der Waals surface area contributed by atoms with Crippen LogP contribution in [0.4, 0.5) is 5.69 Å². The van der Waals surface area contributed by atoms with Crippen LogP contribution in [0.15, 0.2) is 48.7 Å². The molecule has 0 aliphatic carbocycles. The SMILES string of the molecule is Cn1ccc2c(C(=O)Nc3ccc4c(c3)OCO4)cccc21. The molecule has 5 nitrogen and oxygen atoms in total. The number of nitrogens with zero attached hydrogens (tertiary/aromatic N) is 1. The number of aromatic nitrogens is 1. The van der Waals surface area contributed by atoms with E-state index in [1.165, 1.54) is 0 Å². The van der Waals surface area contributed by atoms with Gasteiger partial charge in [0.1, 0.15) is 0 Å². The van der Waals surface area contributed by atoms with Gasteiger partial charge in [-0.15, -0.1) is 0 Å². The molecule has 0 saturated heterocycles. The summed E-state index contributed by atoms with van der Waals surface area (Å²) in [6.45, 7) is 0.218. The number of hydrogen-bond donors (Lipinski definition) is 1. The van der Waals surface area contributed by atoms with Gasteiger partial charge >= 0.3 is 0 Å². The molecule has 0 fully saturated rings. The number of rotatable bonds is 2. The summed E-state index contributed by atoms with van der Waals surface area (Å²) in [5.41, 5.74) is 2.36. The minimum Gasteiger partial charge on any atom is -0.454 e. The van der Waals surface area contributed by atoms with Crippen molar-refractivity contribution in [3.05, 3.63) is 54.2 Å². The molecule has 0 saturated carbocycles. The first-order valence-corrected chi connectivity index (χ1v) is 6.97. The molecule has 0 unspecified atom stereocenters. The third-order valence-electron chi connectivity index (χ3n) is 3.80. The molecule has 4 rings (SSSR count). The number of amides is 1. The van der Waals surface area contributed by atoms with Crippen molar-refractivity contribution in [1.29, 1.82) is 0 Å². The van der Waals surface area contributed by atoms with Gasteiger partial charge in [-0.2, -0.15) is 0 Å². The van der Waals surface area contributed by atoms with Crippen molar-refractivity contribution in [1.82, 2.24) is 4.57 Å². The molecule has 3 aromatic rings. The van der Waals surface area contributed by atoms with Crippen molar-refractivity contribution in [3.63, 3.8) is 0 Å². The van der Waals surface area contributed by atoms with E-state index in [9.17, 15) is 4.79 Å². The molecule has 1 N–H and O–H groups in total. The average Bonchev–Trinajstić information content (AvgIpc) is 3.13. The van der Waals surface area contributed by atoms with Gasteiger partial charge in [0, 0.05) is 41.5 Å². The topological polar surface area (TPSA) is 52.5 Å². The summed E-state index contributed by atoms with van der Waals surface area (Å²) in [6, 6.07) is 13.0. The average molecular weight is 294 g/mol. The number of ether oxygens (including phenoxy) is 2. The number of carbonyl (C=O) groups excluding carboxylic acids is 1. The number of benzene rings is 2. The Hall–Kier alpha value is -2.95. The summed E-state index contributed by atoms with van der Waals surface area (Å²) in [7, 11) is 1.96. The Morgan fingerprint density at radius 1 is 1.14 bits per heavy atom. The van der Waals surface area contributed by atoms with E-state index in [1.807, 2.05) is 42.1 Å². The maximum atomic E-state index is 12.5. The van der Waals surface area contributed by atoms with Gasteiger partial charge in [0.05, 0.1) is 0 Å². The fourth-order valence-corrected chi connectivity index (χ4v) is 2.67. The molecule has 1 amide bonds. The smallest absolute Gasteiger partial charge is 0.256 e. The Bertz CT molecular complexity index is 883. The predicted octanol–water partition coefficient (Wildman–Crippen LogP) is 3.16. The second-order valence-corrected chi connectivity index (χ2v) is 5.19. The Kier molecular flexibility index (Phi) is 2.79. The van der Waals surface area contributed by atoms with E-state index in [2.05, 4.69) is 5.32 Å². The zero-order chi connectivity index (χ0) is 15.1. The number of nitrogens with one attached hydrogen (secondary N) is 1. The minimum atomic E-state index is -0.143. The van der Waals surface area contributed by atoms with Crippen LogP contribution in [0, 0.1) is 0 Å². The van der Waals surface area contributed by atoms with Crippen LogP contribution >= 0.6 is 0 Å². The monoisotopic (exact) mass is 294 g/mol. The number of fused-ring (bicyclic) bond motifs is 2. The van der Waals surface area contributed by atoms with Gasteiger partial charge < -0.3 is 19.4 Å². The summed E-state index contributed by atoms with van der Waals surface area (Å²) >= 11 is 0. The van der Waals surface area contributed by atoms with E-state index in [1.54, 1.807) is 18.2 Å². The van der Waals surface area contributed by atoms with Crippen LogP contribution in [0.2, 0.25) is 0 Å². The highest BCUT2D eigenvalue weighted by Crippen LogP contribution is 2.34. The molecule has 5 heteroatoms. The standard InChI is InChI=1S/C17H14N2O3/c1-19-8-7-12-13(3-2-4-14(12)19)17(20)18-11-5-6-15-16(9-11)22-10-21-15/h2-9H,10H2,1H3,(H,18,20). The molecule has 110 valence electrons. The molecule has 22 heavy (non-hydrogen) atoms. The first kappa shape index (κ1) is 12.8. The number of aryl methyl sites for hydroxylation is 1. The fraction of sp³-hybridized carbons (Fsp3) is 0.118. The lowest BCUT2D eigenvalue weighted by atomic mass is 10.1. The highest BCUT2D eigenvalue weighted by molar-refractivity contribution is 6.12. The number of hydrogen-bond acceptors (Lipinski definition) is 3.